The smallest absolute Gasteiger partial charge is 0.353 e. The fraction of sp³-hybridized carbons (Fsp3) is 0. The highest BCUT2D eigenvalue weighted by molar-refractivity contribution is 9.10. The summed E-state index contributed by atoms with van der Waals surface area (Å²) in [5, 5.41) is 5.76. The number of carbonyl (C=O) groups excluding carboxylic acids is 2. The zero-order valence-electron chi connectivity index (χ0n) is 13.4. The number of nitrogens with zero attached hydrogens (tertiary/aromatic N) is 1. The van der Waals surface area contributed by atoms with Gasteiger partial charge in [0.15, 0.2) is 0 Å². The fourth-order valence-electron chi connectivity index (χ4n) is 2.04. The van der Waals surface area contributed by atoms with Gasteiger partial charge in [-0.15, -0.1) is 11.3 Å². The van der Waals surface area contributed by atoms with E-state index in [2.05, 4.69) is 26.5 Å². The second-order valence-corrected chi connectivity index (χ2v) is 6.92. The van der Waals surface area contributed by atoms with Crippen LogP contribution < -0.4 is 10.2 Å². The lowest BCUT2D eigenvalue weighted by Gasteiger charge is -2.03. The minimum absolute atomic E-state index is 0.310. The number of thiophene rings is 1. The van der Waals surface area contributed by atoms with Gasteiger partial charge in [0.25, 0.3) is 5.91 Å². The van der Waals surface area contributed by atoms with Gasteiger partial charge < -0.3 is 4.74 Å². The van der Waals surface area contributed by atoms with Crippen LogP contribution in [0.5, 0.6) is 5.75 Å². The molecule has 5 nitrogen and oxygen atoms in total. The molecule has 0 aliphatic carbocycles. The zero-order chi connectivity index (χ0) is 18.4. The molecule has 3 rings (SSSR count). The number of benzene rings is 2. The number of esters is 1. The standard InChI is InChI=1S/C19H13BrN2O3S/c20-16-5-2-1-4-15(16)18(23)22-21-12-13-7-9-14(10-8-13)25-19(24)17-6-3-11-26-17/h1-12H,(H,22,23)/b21-12-. The molecule has 0 saturated heterocycles. The Morgan fingerprint density at radius 1 is 1.04 bits per heavy atom. The van der Waals surface area contributed by atoms with E-state index in [1.165, 1.54) is 17.6 Å². The predicted octanol–water partition coefficient (Wildman–Crippen LogP) is 4.49. The van der Waals surface area contributed by atoms with Crippen molar-refractivity contribution in [3.63, 3.8) is 0 Å². The molecule has 26 heavy (non-hydrogen) atoms. The van der Waals surface area contributed by atoms with Gasteiger partial charge in [-0.25, -0.2) is 10.2 Å². The number of nitrogens with one attached hydrogen (secondary N) is 1. The fourth-order valence-corrected chi connectivity index (χ4v) is 3.11. The van der Waals surface area contributed by atoms with Crippen LogP contribution in [0.25, 0.3) is 0 Å². The number of hydrazone groups is 1. The maximum absolute atomic E-state index is 12.0. The van der Waals surface area contributed by atoms with Gasteiger partial charge in [0.1, 0.15) is 10.6 Å². The number of carbonyl (C=O) groups is 2. The van der Waals surface area contributed by atoms with Gasteiger partial charge >= 0.3 is 5.97 Å². The summed E-state index contributed by atoms with van der Waals surface area (Å²) < 4.78 is 5.98. The molecule has 0 atom stereocenters. The van der Waals surface area contributed by atoms with Crippen LogP contribution in [-0.2, 0) is 0 Å². The minimum atomic E-state index is -0.387. The molecule has 0 unspecified atom stereocenters. The van der Waals surface area contributed by atoms with Gasteiger partial charge in [0.05, 0.1) is 11.8 Å². The molecule has 7 heteroatoms. The molecule has 1 amide bonds. The molecule has 0 saturated carbocycles. The Labute approximate surface area is 162 Å². The number of ether oxygens (including phenoxy) is 1. The van der Waals surface area contributed by atoms with Crippen LogP contribution in [-0.4, -0.2) is 18.1 Å². The number of hydrogen-bond donors (Lipinski definition) is 1. The van der Waals surface area contributed by atoms with E-state index < -0.39 is 0 Å². The molecule has 2 aromatic carbocycles. The second kappa shape index (κ2) is 8.55. The van der Waals surface area contributed by atoms with Crippen molar-refractivity contribution in [3.05, 3.63) is 86.5 Å². The average molecular weight is 429 g/mol. The maximum Gasteiger partial charge on any atom is 0.353 e. The molecular weight excluding hydrogens is 416 g/mol. The first-order valence-corrected chi connectivity index (χ1v) is 9.24. The highest BCUT2D eigenvalue weighted by Crippen LogP contribution is 2.17. The molecule has 0 spiro atoms. The van der Waals surface area contributed by atoms with Crippen LogP contribution in [0.4, 0.5) is 0 Å². The lowest BCUT2D eigenvalue weighted by atomic mass is 10.2. The summed E-state index contributed by atoms with van der Waals surface area (Å²) in [5.41, 5.74) is 3.73. The second-order valence-electron chi connectivity index (χ2n) is 5.11. The van der Waals surface area contributed by atoms with Crippen molar-refractivity contribution in [3.8, 4) is 5.75 Å². The Bertz CT molecular complexity index is 938. The van der Waals surface area contributed by atoms with Gasteiger partial charge in [-0.3, -0.25) is 4.79 Å². The molecule has 0 radical (unpaired) electrons. The third-order valence-corrected chi connectivity index (χ3v) is 4.85. The van der Waals surface area contributed by atoms with Crippen molar-refractivity contribution >= 4 is 45.4 Å². The molecule has 0 aliphatic rings. The molecule has 1 heterocycles. The van der Waals surface area contributed by atoms with Crippen LogP contribution in [0.1, 0.15) is 25.6 Å². The summed E-state index contributed by atoms with van der Waals surface area (Å²) in [6.07, 6.45) is 1.51. The van der Waals surface area contributed by atoms with E-state index in [4.69, 9.17) is 4.74 Å². The van der Waals surface area contributed by atoms with Gasteiger partial charge in [-0.1, -0.05) is 18.2 Å². The SMILES string of the molecule is O=C(Oc1ccc(/C=N\NC(=O)c2ccccc2Br)cc1)c1cccs1. The number of hydrogen-bond acceptors (Lipinski definition) is 5. The summed E-state index contributed by atoms with van der Waals surface area (Å²) in [6.45, 7) is 0. The van der Waals surface area contributed by atoms with Gasteiger partial charge in [0, 0.05) is 4.47 Å². The summed E-state index contributed by atoms with van der Waals surface area (Å²) in [6, 6.07) is 17.4. The highest BCUT2D eigenvalue weighted by Gasteiger charge is 2.09. The highest BCUT2D eigenvalue weighted by atomic mass is 79.9. The van der Waals surface area contributed by atoms with Gasteiger partial charge in [0.2, 0.25) is 0 Å². The van der Waals surface area contributed by atoms with Crippen LogP contribution in [0.2, 0.25) is 0 Å². The van der Waals surface area contributed by atoms with Crippen LogP contribution in [0, 0.1) is 0 Å². The first kappa shape index (κ1) is 18.0. The summed E-state index contributed by atoms with van der Waals surface area (Å²) in [4.78, 5) is 24.5. The maximum atomic E-state index is 12.0. The molecule has 1 N–H and O–H groups in total. The van der Waals surface area contributed by atoms with Crippen LogP contribution in [0.3, 0.4) is 0 Å². The van der Waals surface area contributed by atoms with E-state index in [0.29, 0.717) is 20.7 Å². The summed E-state index contributed by atoms with van der Waals surface area (Å²) >= 11 is 4.65. The average Bonchev–Trinajstić information content (AvgIpc) is 3.18. The molecule has 0 fully saturated rings. The number of halogens is 1. The van der Waals surface area contributed by atoms with Crippen molar-refractivity contribution in [2.75, 3.05) is 0 Å². The Hall–Kier alpha value is -2.77. The first-order chi connectivity index (χ1) is 12.6. The largest absolute Gasteiger partial charge is 0.422 e. The molecular formula is C19H13BrN2O3S. The molecule has 0 bridgehead atoms. The Morgan fingerprint density at radius 3 is 2.50 bits per heavy atom. The van der Waals surface area contributed by atoms with Crippen LogP contribution in [0.15, 0.2) is 75.6 Å². The van der Waals surface area contributed by atoms with E-state index in [0.717, 1.165) is 5.56 Å². The quantitative estimate of drug-likeness (QED) is 0.281. The first-order valence-electron chi connectivity index (χ1n) is 7.57. The van der Waals surface area contributed by atoms with Crippen molar-refractivity contribution in [2.45, 2.75) is 0 Å². The van der Waals surface area contributed by atoms with Crippen molar-refractivity contribution in [1.82, 2.24) is 5.43 Å². The van der Waals surface area contributed by atoms with E-state index >= 15 is 0 Å². The third-order valence-electron chi connectivity index (χ3n) is 3.31. The topological polar surface area (TPSA) is 67.8 Å². The van der Waals surface area contributed by atoms with Gasteiger partial charge in [-0.05, 0) is 69.3 Å². The lowest BCUT2D eigenvalue weighted by molar-refractivity contribution is 0.0739. The van der Waals surface area contributed by atoms with E-state index in [9.17, 15) is 9.59 Å². The zero-order valence-corrected chi connectivity index (χ0v) is 15.8. The van der Waals surface area contributed by atoms with Crippen molar-refractivity contribution in [1.29, 1.82) is 0 Å². The van der Waals surface area contributed by atoms with Gasteiger partial charge in [-0.2, -0.15) is 5.10 Å². The van der Waals surface area contributed by atoms with Crippen molar-refractivity contribution < 1.29 is 14.3 Å². The summed E-state index contributed by atoms with van der Waals surface area (Å²) in [7, 11) is 0. The number of rotatable bonds is 5. The lowest BCUT2D eigenvalue weighted by Crippen LogP contribution is -2.18. The minimum Gasteiger partial charge on any atom is -0.422 e. The Kier molecular flexibility index (Phi) is 5.93. The monoisotopic (exact) mass is 428 g/mol. The van der Waals surface area contributed by atoms with E-state index in [1.54, 1.807) is 54.6 Å². The Balaban J connectivity index is 1.57. The molecule has 0 aliphatic heterocycles. The molecule has 3 aromatic rings. The van der Waals surface area contributed by atoms with E-state index in [-0.39, 0.29) is 11.9 Å². The molecule has 1 aromatic heterocycles. The Morgan fingerprint density at radius 2 is 1.81 bits per heavy atom. The number of amides is 1. The predicted molar refractivity (Wildman–Crippen MR) is 105 cm³/mol. The van der Waals surface area contributed by atoms with E-state index in [1.807, 2.05) is 11.4 Å². The van der Waals surface area contributed by atoms with Crippen LogP contribution >= 0.6 is 27.3 Å². The van der Waals surface area contributed by atoms with Crippen molar-refractivity contribution in [2.24, 2.45) is 5.10 Å². The normalized spacial score (nSPS) is 10.7. The third kappa shape index (κ3) is 4.65. The summed E-state index contributed by atoms with van der Waals surface area (Å²) in [5.74, 6) is -0.254. The molecule has 130 valence electrons.